The lowest BCUT2D eigenvalue weighted by molar-refractivity contribution is -0.870. The number of unbranched alkanes of at least 4 members (excludes halogenated alkanes) is 22. The summed E-state index contributed by atoms with van der Waals surface area (Å²) in [4.78, 5) is 37.3. The minimum Gasteiger partial charge on any atom is -0.545 e. The first-order valence-electron chi connectivity index (χ1n) is 29.4. The van der Waals surface area contributed by atoms with Gasteiger partial charge < -0.3 is 33.3 Å². The average Bonchev–Trinajstić information content (AvgIpc) is 3.36. The van der Waals surface area contributed by atoms with Crippen molar-refractivity contribution in [2.75, 3.05) is 47.5 Å². The number of allylic oxidation sites excluding steroid dienone is 16. The Labute approximate surface area is 448 Å². The molecule has 0 aliphatic rings. The first kappa shape index (κ1) is 69.2. The van der Waals surface area contributed by atoms with Crippen molar-refractivity contribution >= 4 is 17.9 Å². The Morgan fingerprint density at radius 3 is 1.10 bits per heavy atom. The van der Waals surface area contributed by atoms with Gasteiger partial charge in [0.25, 0.3) is 0 Å². The maximum Gasteiger partial charge on any atom is 0.306 e. The maximum atomic E-state index is 12.9. The molecule has 0 rings (SSSR count). The van der Waals surface area contributed by atoms with Gasteiger partial charge in [-0.05, 0) is 89.9 Å². The van der Waals surface area contributed by atoms with Gasteiger partial charge in [0.15, 0.2) is 12.4 Å². The molecule has 0 bridgehead atoms. The zero-order valence-corrected chi connectivity index (χ0v) is 47.5. The third kappa shape index (κ3) is 55.8. The smallest absolute Gasteiger partial charge is 0.306 e. The van der Waals surface area contributed by atoms with E-state index < -0.39 is 24.3 Å². The van der Waals surface area contributed by atoms with Crippen LogP contribution in [0.2, 0.25) is 0 Å². The predicted molar refractivity (Wildman–Crippen MR) is 306 cm³/mol. The predicted octanol–water partition coefficient (Wildman–Crippen LogP) is 16.0. The molecule has 2 atom stereocenters. The van der Waals surface area contributed by atoms with Crippen molar-refractivity contribution in [2.45, 2.75) is 245 Å². The van der Waals surface area contributed by atoms with Gasteiger partial charge in [0, 0.05) is 12.8 Å². The van der Waals surface area contributed by atoms with Gasteiger partial charge in [-0.1, -0.05) is 227 Å². The van der Waals surface area contributed by atoms with Crippen molar-refractivity contribution in [1.82, 2.24) is 0 Å². The van der Waals surface area contributed by atoms with Gasteiger partial charge in [-0.3, -0.25) is 9.59 Å². The van der Waals surface area contributed by atoms with E-state index in [-0.39, 0.29) is 38.6 Å². The molecule has 0 aromatic rings. The number of rotatable bonds is 53. The van der Waals surface area contributed by atoms with Crippen LogP contribution in [0, 0.1) is 0 Å². The Kier molecular flexibility index (Phi) is 51.6. The van der Waals surface area contributed by atoms with Crippen molar-refractivity contribution < 1.29 is 42.9 Å². The van der Waals surface area contributed by atoms with Crippen molar-refractivity contribution in [1.29, 1.82) is 0 Å². The van der Waals surface area contributed by atoms with Crippen LogP contribution in [0.3, 0.4) is 0 Å². The second kappa shape index (κ2) is 54.5. The summed E-state index contributed by atoms with van der Waals surface area (Å²) in [6.45, 7) is 4.52. The zero-order chi connectivity index (χ0) is 53.4. The van der Waals surface area contributed by atoms with Gasteiger partial charge in [0.1, 0.15) is 13.2 Å². The van der Waals surface area contributed by atoms with Gasteiger partial charge in [0.2, 0.25) is 0 Å². The first-order chi connectivity index (χ1) is 35.6. The summed E-state index contributed by atoms with van der Waals surface area (Å²) in [6.07, 6.45) is 70.2. The number of hydrogen-bond acceptors (Lipinski definition) is 8. The molecule has 0 amide bonds. The SMILES string of the molecule is CC/C=C\C/C=C\C/C=C\C/C=C\CCCCCCCCCCCCCCC(=O)OC(COC(=O)CCCCCCCCCCCC/C=C\C/C=C\C/C=C\C/C=C\CC)COC(OCC[N+](C)(C)C)C(=O)[O-]. The molecule has 0 spiro atoms. The summed E-state index contributed by atoms with van der Waals surface area (Å²) >= 11 is 0. The summed E-state index contributed by atoms with van der Waals surface area (Å²) in [5.74, 6) is -2.29. The third-order valence-electron chi connectivity index (χ3n) is 12.3. The van der Waals surface area contributed by atoms with Crippen LogP contribution in [-0.4, -0.2) is 82.3 Å². The molecule has 2 unspecified atom stereocenters. The van der Waals surface area contributed by atoms with Gasteiger partial charge in [0.05, 0.1) is 40.3 Å². The van der Waals surface area contributed by atoms with Crippen LogP contribution in [-0.2, 0) is 33.3 Å². The maximum absolute atomic E-state index is 12.9. The van der Waals surface area contributed by atoms with Gasteiger partial charge in [-0.15, -0.1) is 0 Å². The Bertz CT molecular complexity index is 1520. The van der Waals surface area contributed by atoms with Crippen LogP contribution in [0.5, 0.6) is 0 Å². The Balaban J connectivity index is 4.25. The van der Waals surface area contributed by atoms with E-state index in [0.717, 1.165) is 103 Å². The van der Waals surface area contributed by atoms with Crippen molar-refractivity contribution in [2.24, 2.45) is 0 Å². The molecule has 0 aliphatic carbocycles. The molecule has 0 heterocycles. The second-order valence-electron chi connectivity index (χ2n) is 20.5. The van der Waals surface area contributed by atoms with Crippen LogP contribution in [0.15, 0.2) is 97.2 Å². The number of aliphatic carboxylic acids is 1. The highest BCUT2D eigenvalue weighted by Gasteiger charge is 2.22. The number of quaternary nitrogens is 1. The standard InChI is InChI=1S/C64H109NO8/c1-6-8-10-12-14-16-18-20-22-24-26-28-30-31-33-35-37-39-41-43-45-47-49-51-53-55-62(67)73-60(59-72-64(63(68)69)70-57-56-65(3,4)5)58-71-61(66)54-52-50-48-46-44-42-40-38-36-34-32-29-27-25-23-21-19-17-15-13-11-9-7-2/h8-11,14-17,20-23,26-29,60,64H,6-7,12-13,18-19,24-25,30-59H2,1-5H3/b10-8-,11-9-,16-14-,17-15-,22-20-,23-21-,28-26-,29-27-. The molecule has 73 heavy (non-hydrogen) atoms. The molecule has 9 nitrogen and oxygen atoms in total. The fraction of sp³-hybridized carbons (Fsp3) is 0.703. The number of carboxylic acids is 1. The number of likely N-dealkylation sites (N-methyl/N-ethyl adjacent to an activating group) is 1. The van der Waals surface area contributed by atoms with E-state index in [0.29, 0.717) is 17.4 Å². The largest absolute Gasteiger partial charge is 0.545 e. The van der Waals surface area contributed by atoms with Crippen LogP contribution in [0.4, 0.5) is 0 Å². The Morgan fingerprint density at radius 2 is 0.740 bits per heavy atom. The van der Waals surface area contributed by atoms with Crippen molar-refractivity contribution in [3.63, 3.8) is 0 Å². The number of hydrogen-bond donors (Lipinski definition) is 0. The van der Waals surface area contributed by atoms with E-state index in [2.05, 4.69) is 111 Å². The monoisotopic (exact) mass is 1020 g/mol. The lowest BCUT2D eigenvalue weighted by Gasteiger charge is -2.26. The number of carbonyl (C=O) groups is 3. The number of esters is 2. The summed E-state index contributed by atoms with van der Waals surface area (Å²) in [5, 5.41) is 11.8. The summed E-state index contributed by atoms with van der Waals surface area (Å²) in [7, 11) is 5.92. The molecule has 9 heteroatoms. The van der Waals surface area contributed by atoms with E-state index in [1.165, 1.54) is 96.3 Å². The van der Waals surface area contributed by atoms with Crippen LogP contribution in [0.25, 0.3) is 0 Å². The highest BCUT2D eigenvalue weighted by Crippen LogP contribution is 2.16. The van der Waals surface area contributed by atoms with Gasteiger partial charge in [-0.25, -0.2) is 0 Å². The van der Waals surface area contributed by atoms with Gasteiger partial charge >= 0.3 is 11.9 Å². The fourth-order valence-electron chi connectivity index (χ4n) is 7.87. The summed E-state index contributed by atoms with van der Waals surface area (Å²) in [6, 6.07) is 0. The van der Waals surface area contributed by atoms with E-state index in [1.807, 2.05) is 21.1 Å². The molecule has 0 saturated heterocycles. The van der Waals surface area contributed by atoms with Crippen LogP contribution >= 0.6 is 0 Å². The molecule has 0 N–H and O–H groups in total. The highest BCUT2D eigenvalue weighted by molar-refractivity contribution is 5.70. The molecule has 0 fully saturated rings. The van der Waals surface area contributed by atoms with Crippen molar-refractivity contribution in [3.05, 3.63) is 97.2 Å². The molecular formula is C64H109NO8. The topological polar surface area (TPSA) is 111 Å². The quantitative estimate of drug-likeness (QED) is 0.0195. The first-order valence-corrected chi connectivity index (χ1v) is 29.4. The lowest BCUT2D eigenvalue weighted by Crippen LogP contribution is -2.44. The number of ether oxygens (including phenoxy) is 4. The van der Waals surface area contributed by atoms with E-state index in [9.17, 15) is 19.5 Å². The summed E-state index contributed by atoms with van der Waals surface area (Å²) < 4.78 is 22.7. The van der Waals surface area contributed by atoms with E-state index in [4.69, 9.17) is 18.9 Å². The minimum atomic E-state index is -1.63. The average molecular weight is 1020 g/mol. The summed E-state index contributed by atoms with van der Waals surface area (Å²) in [5.41, 5.74) is 0. The molecule has 0 aliphatic heterocycles. The molecule has 0 aromatic carbocycles. The minimum absolute atomic E-state index is 0.142. The molecule has 0 radical (unpaired) electrons. The molecule has 418 valence electrons. The number of nitrogens with zero attached hydrogens (tertiary/aromatic N) is 1. The van der Waals surface area contributed by atoms with E-state index >= 15 is 0 Å². The van der Waals surface area contributed by atoms with E-state index in [1.54, 1.807) is 0 Å². The molecule has 0 aromatic heterocycles. The molecule has 0 saturated carbocycles. The lowest BCUT2D eigenvalue weighted by atomic mass is 10.0. The Morgan fingerprint density at radius 1 is 0.411 bits per heavy atom. The van der Waals surface area contributed by atoms with Crippen molar-refractivity contribution in [3.8, 4) is 0 Å². The number of carbonyl (C=O) groups excluding carboxylic acids is 3. The fourth-order valence-corrected chi connectivity index (χ4v) is 7.87. The third-order valence-corrected chi connectivity index (χ3v) is 12.3. The Hall–Kier alpha value is -3.79. The van der Waals surface area contributed by atoms with Crippen LogP contribution < -0.4 is 5.11 Å². The second-order valence-corrected chi connectivity index (χ2v) is 20.5. The van der Waals surface area contributed by atoms with Crippen LogP contribution in [0.1, 0.15) is 232 Å². The number of carboxylic acid groups (broad SMARTS) is 1. The molecular weight excluding hydrogens is 911 g/mol. The van der Waals surface area contributed by atoms with Gasteiger partial charge in [-0.2, -0.15) is 0 Å². The zero-order valence-electron chi connectivity index (χ0n) is 47.5. The highest BCUT2D eigenvalue weighted by atomic mass is 16.7. The normalized spacial score (nSPS) is 13.5.